The number of aromatic nitrogens is 1. The first kappa shape index (κ1) is 10.2. The van der Waals surface area contributed by atoms with E-state index >= 15 is 0 Å². The van der Waals surface area contributed by atoms with Crippen LogP contribution in [0, 0.1) is 0 Å². The van der Waals surface area contributed by atoms with E-state index in [1.54, 1.807) is 0 Å². The third-order valence-electron chi connectivity index (χ3n) is 1.73. The topological polar surface area (TPSA) is 50.2 Å². The van der Waals surface area contributed by atoms with Crippen molar-refractivity contribution >= 4 is 17.9 Å². The Morgan fingerprint density at radius 1 is 1.77 bits per heavy atom. The molecule has 0 aliphatic carbocycles. The molecule has 1 aromatic rings. The fourth-order valence-corrected chi connectivity index (χ4v) is 1.27. The number of halogens is 1. The minimum absolute atomic E-state index is 0.332. The van der Waals surface area contributed by atoms with E-state index < -0.39 is 6.10 Å². The van der Waals surface area contributed by atoms with Crippen LogP contribution in [0.2, 0.25) is 5.02 Å². The number of nitrogens with zero attached hydrogens (tertiary/aromatic N) is 1. The largest absolute Gasteiger partial charge is 0.387 e. The molecule has 0 aliphatic rings. The van der Waals surface area contributed by atoms with E-state index in [1.807, 2.05) is 6.92 Å². The lowest BCUT2D eigenvalue weighted by Gasteiger charge is -2.08. The summed E-state index contributed by atoms with van der Waals surface area (Å²) in [5, 5.41) is 9.77. The summed E-state index contributed by atoms with van der Waals surface area (Å²) in [5.74, 6) is 0. The molecule has 0 aromatic carbocycles. The maximum Gasteiger partial charge on any atom is 0.151 e. The molecule has 0 aliphatic heterocycles. The van der Waals surface area contributed by atoms with Crippen LogP contribution >= 0.6 is 11.6 Å². The molecule has 1 aromatic heterocycles. The van der Waals surface area contributed by atoms with E-state index in [0.717, 1.165) is 0 Å². The normalized spacial score (nSPS) is 12.5. The summed E-state index contributed by atoms with van der Waals surface area (Å²) >= 11 is 5.80. The molecule has 0 amide bonds. The number of hydrogen-bond acceptors (Lipinski definition) is 3. The second-order valence-corrected chi connectivity index (χ2v) is 3.08. The number of carbonyl (C=O) groups excluding carboxylic acids is 1. The Balaban J connectivity index is 3.04. The van der Waals surface area contributed by atoms with Gasteiger partial charge < -0.3 is 5.11 Å². The van der Waals surface area contributed by atoms with Gasteiger partial charge in [-0.1, -0.05) is 18.5 Å². The van der Waals surface area contributed by atoms with E-state index in [4.69, 9.17) is 11.6 Å². The first-order valence-electron chi connectivity index (χ1n) is 3.97. The molecular weight excluding hydrogens is 190 g/mol. The summed E-state index contributed by atoms with van der Waals surface area (Å²) in [6, 6.07) is 1.50. The molecule has 13 heavy (non-hydrogen) atoms. The molecule has 3 nitrogen and oxygen atoms in total. The zero-order chi connectivity index (χ0) is 9.84. The lowest BCUT2D eigenvalue weighted by molar-refractivity contribution is 0.112. The molecule has 1 N–H and O–H groups in total. The molecule has 70 valence electrons. The number of carbonyl (C=O) groups is 1. The average Bonchev–Trinajstić information content (AvgIpc) is 2.16. The highest BCUT2D eigenvalue weighted by Gasteiger charge is 2.11. The Hall–Kier alpha value is -0.930. The quantitative estimate of drug-likeness (QED) is 0.758. The van der Waals surface area contributed by atoms with Gasteiger partial charge in [-0.2, -0.15) is 0 Å². The van der Waals surface area contributed by atoms with E-state index in [0.29, 0.717) is 29.0 Å². The molecule has 1 rings (SSSR count). The van der Waals surface area contributed by atoms with Gasteiger partial charge in [0.2, 0.25) is 0 Å². The fraction of sp³-hybridized carbons (Fsp3) is 0.333. The van der Waals surface area contributed by atoms with Crippen molar-refractivity contribution in [1.82, 2.24) is 4.98 Å². The summed E-state index contributed by atoms with van der Waals surface area (Å²) < 4.78 is 0. The molecule has 0 saturated carbocycles. The van der Waals surface area contributed by atoms with Gasteiger partial charge in [-0.05, 0) is 12.5 Å². The van der Waals surface area contributed by atoms with Crippen molar-refractivity contribution < 1.29 is 9.90 Å². The third kappa shape index (κ3) is 2.26. The first-order chi connectivity index (χ1) is 6.19. The van der Waals surface area contributed by atoms with E-state index in [9.17, 15) is 9.90 Å². The zero-order valence-electron chi connectivity index (χ0n) is 7.20. The Morgan fingerprint density at radius 2 is 2.46 bits per heavy atom. The van der Waals surface area contributed by atoms with E-state index in [1.165, 1.54) is 12.3 Å². The van der Waals surface area contributed by atoms with Crippen molar-refractivity contribution in [3.05, 3.63) is 28.5 Å². The van der Waals surface area contributed by atoms with Gasteiger partial charge in [0.15, 0.2) is 6.29 Å². The van der Waals surface area contributed by atoms with Gasteiger partial charge in [-0.3, -0.25) is 9.78 Å². The number of pyridine rings is 1. The van der Waals surface area contributed by atoms with Crippen LogP contribution in [-0.4, -0.2) is 16.4 Å². The smallest absolute Gasteiger partial charge is 0.151 e. The van der Waals surface area contributed by atoms with Gasteiger partial charge in [-0.15, -0.1) is 0 Å². The van der Waals surface area contributed by atoms with Crippen LogP contribution in [-0.2, 0) is 0 Å². The van der Waals surface area contributed by atoms with Gasteiger partial charge in [0.1, 0.15) is 0 Å². The molecule has 1 atom stereocenters. The summed E-state index contributed by atoms with van der Waals surface area (Å²) in [4.78, 5) is 14.3. The summed E-state index contributed by atoms with van der Waals surface area (Å²) in [7, 11) is 0. The van der Waals surface area contributed by atoms with Crippen LogP contribution in [0.25, 0.3) is 0 Å². The second-order valence-electron chi connectivity index (χ2n) is 2.68. The lowest BCUT2D eigenvalue weighted by atomic mass is 10.1. The minimum atomic E-state index is -0.659. The zero-order valence-corrected chi connectivity index (χ0v) is 7.95. The Bertz CT molecular complexity index is 314. The first-order valence-corrected chi connectivity index (χ1v) is 4.35. The third-order valence-corrected chi connectivity index (χ3v) is 2.03. The number of aldehydes is 1. The van der Waals surface area contributed by atoms with Crippen molar-refractivity contribution in [2.24, 2.45) is 0 Å². The fourth-order valence-electron chi connectivity index (χ4n) is 0.966. The van der Waals surface area contributed by atoms with Gasteiger partial charge >= 0.3 is 0 Å². The Labute approximate surface area is 81.4 Å². The van der Waals surface area contributed by atoms with Crippen LogP contribution < -0.4 is 0 Å². The molecule has 1 unspecified atom stereocenters. The van der Waals surface area contributed by atoms with Crippen molar-refractivity contribution in [1.29, 1.82) is 0 Å². The predicted molar refractivity (Wildman–Crippen MR) is 49.9 cm³/mol. The monoisotopic (exact) mass is 199 g/mol. The molecule has 1 heterocycles. The molecule has 0 radical (unpaired) electrons. The highest BCUT2D eigenvalue weighted by atomic mass is 35.5. The average molecular weight is 200 g/mol. The number of aliphatic hydroxyl groups is 1. The van der Waals surface area contributed by atoms with Crippen LogP contribution in [0.1, 0.15) is 35.5 Å². The van der Waals surface area contributed by atoms with Crippen molar-refractivity contribution in [3.8, 4) is 0 Å². The van der Waals surface area contributed by atoms with Crippen LogP contribution in [0.3, 0.4) is 0 Å². The molecule has 0 spiro atoms. The highest BCUT2D eigenvalue weighted by molar-refractivity contribution is 6.31. The summed E-state index contributed by atoms with van der Waals surface area (Å²) in [6.45, 7) is 1.83. The minimum Gasteiger partial charge on any atom is -0.387 e. The molecule has 0 saturated heterocycles. The maximum atomic E-state index is 10.3. The standard InChI is InChI=1S/C9H10ClNO2/c1-2-8(13)9-7(10)3-6(5-12)4-11-9/h3-5,8,13H,2H2,1H3. The van der Waals surface area contributed by atoms with Crippen LogP contribution in [0.15, 0.2) is 12.3 Å². The van der Waals surface area contributed by atoms with Gasteiger partial charge in [0.05, 0.1) is 16.8 Å². The summed E-state index contributed by atoms with van der Waals surface area (Å²) in [5.41, 5.74) is 0.840. The SMILES string of the molecule is CCC(O)c1ncc(C=O)cc1Cl. The van der Waals surface area contributed by atoms with E-state index in [2.05, 4.69) is 4.98 Å². The van der Waals surface area contributed by atoms with Crippen LogP contribution in [0.4, 0.5) is 0 Å². The maximum absolute atomic E-state index is 10.3. The van der Waals surface area contributed by atoms with Gasteiger partial charge in [0, 0.05) is 11.8 Å². The highest BCUT2D eigenvalue weighted by Crippen LogP contribution is 2.22. The number of aliphatic hydroxyl groups excluding tert-OH is 1. The van der Waals surface area contributed by atoms with Crippen molar-refractivity contribution in [2.45, 2.75) is 19.4 Å². The van der Waals surface area contributed by atoms with Gasteiger partial charge in [-0.25, -0.2) is 0 Å². The van der Waals surface area contributed by atoms with Crippen molar-refractivity contribution in [2.75, 3.05) is 0 Å². The summed E-state index contributed by atoms with van der Waals surface area (Å²) in [6.07, 6.45) is 1.95. The number of hydrogen-bond donors (Lipinski definition) is 1. The molecule has 0 fully saturated rings. The predicted octanol–water partition coefficient (Wildman–Crippen LogP) is 1.99. The van der Waals surface area contributed by atoms with E-state index in [-0.39, 0.29) is 0 Å². The Kier molecular flexibility index (Phi) is 3.39. The number of rotatable bonds is 3. The van der Waals surface area contributed by atoms with Gasteiger partial charge in [0.25, 0.3) is 0 Å². The lowest BCUT2D eigenvalue weighted by Crippen LogP contribution is -2.00. The molecule has 4 heteroatoms. The Morgan fingerprint density at radius 3 is 2.92 bits per heavy atom. The molecule has 0 bridgehead atoms. The van der Waals surface area contributed by atoms with Crippen LogP contribution in [0.5, 0.6) is 0 Å². The second kappa shape index (κ2) is 4.35. The van der Waals surface area contributed by atoms with Crippen molar-refractivity contribution in [3.63, 3.8) is 0 Å². The molecular formula is C9H10ClNO2.